The highest BCUT2D eigenvalue weighted by Gasteiger charge is 2.22. The van der Waals surface area contributed by atoms with Crippen LogP contribution in [0.15, 0.2) is 6.07 Å². The normalized spacial score (nSPS) is 14.8. The Balaban J connectivity index is 2.14. The van der Waals surface area contributed by atoms with Crippen molar-refractivity contribution in [2.45, 2.75) is 45.7 Å². The van der Waals surface area contributed by atoms with Gasteiger partial charge in [-0.1, -0.05) is 0 Å². The molecule has 5 heteroatoms. The summed E-state index contributed by atoms with van der Waals surface area (Å²) in [5.74, 6) is 1.21. The molecule has 2 rings (SSSR count). The average molecular weight is 234 g/mol. The first kappa shape index (κ1) is 11.8. The molecule has 5 nitrogen and oxygen atoms in total. The number of hydrogen-bond donors (Lipinski definition) is 2. The number of nitrogens with one attached hydrogen (secondary N) is 2. The van der Waals surface area contributed by atoms with E-state index in [1.807, 2.05) is 13.8 Å². The molecule has 0 radical (unpaired) electrons. The summed E-state index contributed by atoms with van der Waals surface area (Å²) in [5.41, 5.74) is 0.425. The van der Waals surface area contributed by atoms with E-state index in [0.717, 1.165) is 5.82 Å². The molecule has 0 bridgehead atoms. The van der Waals surface area contributed by atoms with Crippen LogP contribution in [-0.4, -0.2) is 28.0 Å². The van der Waals surface area contributed by atoms with Gasteiger partial charge < -0.3 is 10.6 Å². The van der Waals surface area contributed by atoms with Crippen molar-refractivity contribution in [1.29, 1.82) is 0 Å². The second-order valence-electron chi connectivity index (χ2n) is 4.73. The van der Waals surface area contributed by atoms with E-state index in [1.54, 1.807) is 13.0 Å². The van der Waals surface area contributed by atoms with E-state index in [4.69, 9.17) is 0 Å². The minimum atomic E-state index is -0.149. The SMILES string of the molecule is Cc1nc(NC2CC2)cc(C(=O)NC(C)C)n1. The maximum Gasteiger partial charge on any atom is 0.270 e. The minimum absolute atomic E-state index is 0.109. The Labute approximate surface area is 101 Å². The summed E-state index contributed by atoms with van der Waals surface area (Å²) in [6.07, 6.45) is 2.35. The van der Waals surface area contributed by atoms with Crippen molar-refractivity contribution in [3.8, 4) is 0 Å². The molecule has 1 aliphatic rings. The van der Waals surface area contributed by atoms with Crippen molar-refractivity contribution in [2.75, 3.05) is 5.32 Å². The molecular weight excluding hydrogens is 216 g/mol. The van der Waals surface area contributed by atoms with E-state index < -0.39 is 0 Å². The Morgan fingerprint density at radius 1 is 1.41 bits per heavy atom. The van der Waals surface area contributed by atoms with Crippen LogP contribution in [0.2, 0.25) is 0 Å². The number of amides is 1. The maximum atomic E-state index is 11.8. The lowest BCUT2D eigenvalue weighted by molar-refractivity contribution is 0.0937. The molecule has 1 aromatic heterocycles. The number of aryl methyl sites for hydroxylation is 1. The Kier molecular flexibility index (Phi) is 3.26. The van der Waals surface area contributed by atoms with Gasteiger partial charge in [0, 0.05) is 18.2 Å². The van der Waals surface area contributed by atoms with Crippen LogP contribution in [0.4, 0.5) is 5.82 Å². The predicted molar refractivity (Wildman–Crippen MR) is 66.0 cm³/mol. The Morgan fingerprint density at radius 3 is 2.71 bits per heavy atom. The highest BCUT2D eigenvalue weighted by molar-refractivity contribution is 5.93. The first-order chi connectivity index (χ1) is 8.04. The molecular formula is C12H18N4O. The van der Waals surface area contributed by atoms with E-state index in [9.17, 15) is 4.79 Å². The van der Waals surface area contributed by atoms with Crippen molar-refractivity contribution in [3.05, 3.63) is 17.6 Å². The minimum Gasteiger partial charge on any atom is -0.367 e. The number of anilines is 1. The lowest BCUT2D eigenvalue weighted by atomic mass is 10.3. The fraction of sp³-hybridized carbons (Fsp3) is 0.583. The Hall–Kier alpha value is -1.65. The fourth-order valence-electron chi connectivity index (χ4n) is 1.53. The molecule has 0 atom stereocenters. The number of nitrogens with zero attached hydrogens (tertiary/aromatic N) is 2. The summed E-state index contributed by atoms with van der Waals surface area (Å²) in [7, 11) is 0. The number of aromatic nitrogens is 2. The molecule has 92 valence electrons. The molecule has 2 N–H and O–H groups in total. The van der Waals surface area contributed by atoms with Gasteiger partial charge in [0.25, 0.3) is 5.91 Å². The van der Waals surface area contributed by atoms with Crippen LogP contribution in [0.3, 0.4) is 0 Å². The maximum absolute atomic E-state index is 11.8. The van der Waals surface area contributed by atoms with Crippen LogP contribution in [0, 0.1) is 6.92 Å². The van der Waals surface area contributed by atoms with Gasteiger partial charge in [-0.25, -0.2) is 9.97 Å². The monoisotopic (exact) mass is 234 g/mol. The topological polar surface area (TPSA) is 66.9 Å². The van der Waals surface area contributed by atoms with Gasteiger partial charge in [-0.05, 0) is 33.6 Å². The molecule has 1 aromatic rings. The van der Waals surface area contributed by atoms with Gasteiger partial charge in [0.05, 0.1) is 0 Å². The zero-order valence-electron chi connectivity index (χ0n) is 10.4. The zero-order chi connectivity index (χ0) is 12.4. The van der Waals surface area contributed by atoms with Crippen molar-refractivity contribution in [3.63, 3.8) is 0 Å². The third kappa shape index (κ3) is 3.41. The molecule has 1 heterocycles. The first-order valence-electron chi connectivity index (χ1n) is 5.97. The summed E-state index contributed by atoms with van der Waals surface area (Å²) in [4.78, 5) is 20.3. The van der Waals surface area contributed by atoms with Crippen molar-refractivity contribution >= 4 is 11.7 Å². The van der Waals surface area contributed by atoms with Crippen LogP contribution < -0.4 is 10.6 Å². The molecule has 0 aliphatic heterocycles. The highest BCUT2D eigenvalue weighted by atomic mass is 16.1. The summed E-state index contributed by atoms with van der Waals surface area (Å²) in [6, 6.07) is 2.34. The summed E-state index contributed by atoms with van der Waals surface area (Å²) < 4.78 is 0. The standard InChI is InChI=1S/C12H18N4O/c1-7(2)13-12(17)10-6-11(15-8(3)14-10)16-9-4-5-9/h6-7,9H,4-5H2,1-3H3,(H,13,17)(H,14,15,16). The van der Waals surface area contributed by atoms with Gasteiger partial charge in [-0.2, -0.15) is 0 Å². The lowest BCUT2D eigenvalue weighted by Crippen LogP contribution is -2.31. The van der Waals surface area contributed by atoms with Crippen LogP contribution in [0.5, 0.6) is 0 Å². The van der Waals surface area contributed by atoms with E-state index in [1.165, 1.54) is 12.8 Å². The first-order valence-corrected chi connectivity index (χ1v) is 5.97. The zero-order valence-corrected chi connectivity index (χ0v) is 10.4. The van der Waals surface area contributed by atoms with E-state index in [2.05, 4.69) is 20.6 Å². The number of hydrogen-bond acceptors (Lipinski definition) is 4. The van der Waals surface area contributed by atoms with Crippen LogP contribution >= 0.6 is 0 Å². The van der Waals surface area contributed by atoms with Gasteiger partial charge in [0.2, 0.25) is 0 Å². The molecule has 17 heavy (non-hydrogen) atoms. The van der Waals surface area contributed by atoms with Gasteiger partial charge in [-0.15, -0.1) is 0 Å². The van der Waals surface area contributed by atoms with E-state index >= 15 is 0 Å². The quantitative estimate of drug-likeness (QED) is 0.828. The number of rotatable bonds is 4. The van der Waals surface area contributed by atoms with Crippen LogP contribution in [0.1, 0.15) is 43.0 Å². The van der Waals surface area contributed by atoms with Crippen LogP contribution in [-0.2, 0) is 0 Å². The largest absolute Gasteiger partial charge is 0.367 e. The number of carbonyl (C=O) groups excluding carboxylic acids is 1. The molecule has 0 saturated heterocycles. The summed E-state index contributed by atoms with van der Waals surface area (Å²) in [6.45, 7) is 5.65. The Morgan fingerprint density at radius 2 is 2.12 bits per heavy atom. The predicted octanol–water partition coefficient (Wildman–Crippen LogP) is 1.50. The number of carbonyl (C=O) groups is 1. The van der Waals surface area contributed by atoms with E-state index in [0.29, 0.717) is 17.6 Å². The third-order valence-electron chi connectivity index (χ3n) is 2.42. The van der Waals surface area contributed by atoms with Gasteiger partial charge in [0.1, 0.15) is 17.3 Å². The van der Waals surface area contributed by atoms with Crippen molar-refractivity contribution in [2.24, 2.45) is 0 Å². The second kappa shape index (κ2) is 4.69. The summed E-state index contributed by atoms with van der Waals surface area (Å²) in [5, 5.41) is 6.10. The summed E-state index contributed by atoms with van der Waals surface area (Å²) >= 11 is 0. The molecule has 1 fully saturated rings. The molecule has 0 spiro atoms. The van der Waals surface area contributed by atoms with Gasteiger partial charge in [-0.3, -0.25) is 4.79 Å². The fourth-order valence-corrected chi connectivity index (χ4v) is 1.53. The lowest BCUT2D eigenvalue weighted by Gasteiger charge is -2.10. The molecule has 0 unspecified atom stereocenters. The molecule has 1 aliphatic carbocycles. The Bertz CT molecular complexity index is 427. The molecule has 0 aromatic carbocycles. The van der Waals surface area contributed by atoms with Gasteiger partial charge in [0.15, 0.2) is 0 Å². The van der Waals surface area contributed by atoms with Crippen molar-refractivity contribution < 1.29 is 4.79 Å². The molecule has 1 saturated carbocycles. The average Bonchev–Trinajstić information content (AvgIpc) is 2.99. The smallest absolute Gasteiger partial charge is 0.270 e. The van der Waals surface area contributed by atoms with Crippen molar-refractivity contribution in [1.82, 2.24) is 15.3 Å². The van der Waals surface area contributed by atoms with Gasteiger partial charge >= 0.3 is 0 Å². The van der Waals surface area contributed by atoms with E-state index in [-0.39, 0.29) is 11.9 Å². The highest BCUT2D eigenvalue weighted by Crippen LogP contribution is 2.23. The second-order valence-corrected chi connectivity index (χ2v) is 4.73. The van der Waals surface area contributed by atoms with Crippen LogP contribution in [0.25, 0.3) is 0 Å². The third-order valence-corrected chi connectivity index (χ3v) is 2.42. The molecule has 1 amide bonds.